The highest BCUT2D eigenvalue weighted by Crippen LogP contribution is 2.23. The number of rotatable bonds is 46. The highest BCUT2D eigenvalue weighted by Gasteiger charge is 2.15. The number of hydrogen-bond donors (Lipinski definition) is 2. The Morgan fingerprint density at radius 3 is 1.19 bits per heavy atom. The molecule has 0 unspecified atom stereocenters. The Kier molecular flexibility index (Phi) is 43.6. The molecule has 0 aromatic heterocycles. The van der Waals surface area contributed by atoms with E-state index < -0.39 is 0 Å². The van der Waals surface area contributed by atoms with Crippen molar-refractivity contribution in [3.63, 3.8) is 0 Å². The van der Waals surface area contributed by atoms with E-state index in [9.17, 15) is 14.4 Å². The molecule has 0 aromatic carbocycles. The van der Waals surface area contributed by atoms with Crippen LogP contribution in [0.5, 0.6) is 0 Å². The van der Waals surface area contributed by atoms with Crippen molar-refractivity contribution in [2.24, 2.45) is 11.8 Å². The Balaban J connectivity index is 4.42. The second-order valence-corrected chi connectivity index (χ2v) is 17.4. The molecular weight excluding hydrogens is 725 g/mol. The van der Waals surface area contributed by atoms with Crippen molar-refractivity contribution in [3.8, 4) is 0 Å². The Morgan fingerprint density at radius 2 is 0.776 bits per heavy atom. The quantitative estimate of drug-likeness (QED) is 0.0355. The number of unbranched alkanes of at least 4 members (excludes halogenated alkanes) is 16. The molecule has 0 fully saturated rings. The number of hydrogen-bond acceptors (Lipinski definition) is 8. The zero-order valence-electron chi connectivity index (χ0n) is 39.3. The third-order valence-corrected chi connectivity index (χ3v) is 11.8. The summed E-state index contributed by atoms with van der Waals surface area (Å²) in [5.74, 6) is 1.21. The fraction of sp³-hybridized carbons (Fsp3) is 0.940. The van der Waals surface area contributed by atoms with Crippen LogP contribution < -0.4 is 10.6 Å². The molecule has 8 heteroatoms. The average molecular weight is 823 g/mol. The standard InChI is InChI=1S/C50H98N2O6/c1-6-10-20-29-45(30-21-11-7-2)38-43-56-48(53)35-26-18-14-16-24-33-47(58-50(55)37-28-40-52-42-41-51-5)34-25-17-15-19-27-36-49(54)57-44-39-46(31-22-12-8-3)32-23-13-9-4/h45-47,51-52H,6-44H2,1-5H3. The summed E-state index contributed by atoms with van der Waals surface area (Å²) in [5, 5.41) is 6.49. The van der Waals surface area contributed by atoms with Crippen molar-refractivity contribution < 1.29 is 28.6 Å². The third kappa shape index (κ3) is 39.8. The molecule has 0 saturated carbocycles. The molecule has 58 heavy (non-hydrogen) atoms. The summed E-state index contributed by atoms with van der Waals surface area (Å²) in [6, 6.07) is 0. The van der Waals surface area contributed by atoms with Crippen LogP contribution in [0, 0.1) is 11.8 Å². The van der Waals surface area contributed by atoms with Crippen LogP contribution in [-0.4, -0.2) is 63.9 Å². The monoisotopic (exact) mass is 823 g/mol. The lowest BCUT2D eigenvalue weighted by Crippen LogP contribution is -2.26. The summed E-state index contributed by atoms with van der Waals surface area (Å²) >= 11 is 0. The van der Waals surface area contributed by atoms with Gasteiger partial charge in [-0.3, -0.25) is 14.4 Å². The molecule has 0 aliphatic carbocycles. The van der Waals surface area contributed by atoms with Gasteiger partial charge in [0.2, 0.25) is 0 Å². The first kappa shape index (κ1) is 56.3. The van der Waals surface area contributed by atoms with Crippen LogP contribution >= 0.6 is 0 Å². The van der Waals surface area contributed by atoms with Gasteiger partial charge in [0.05, 0.1) is 13.2 Å². The van der Waals surface area contributed by atoms with Gasteiger partial charge in [-0.15, -0.1) is 0 Å². The second-order valence-electron chi connectivity index (χ2n) is 17.4. The summed E-state index contributed by atoms with van der Waals surface area (Å²) in [4.78, 5) is 37.5. The SMILES string of the molecule is CCCCCC(CCCCC)CCOC(=O)CCCCCCCC(CCCCCCCC(=O)OCCC(CCCCC)CCCCC)OC(=O)CCCNCCNC. The van der Waals surface area contributed by atoms with Gasteiger partial charge in [0, 0.05) is 32.4 Å². The highest BCUT2D eigenvalue weighted by atomic mass is 16.5. The molecule has 0 heterocycles. The number of nitrogens with one attached hydrogen (secondary N) is 2. The molecule has 2 N–H and O–H groups in total. The van der Waals surface area contributed by atoms with E-state index in [-0.39, 0.29) is 24.0 Å². The summed E-state index contributed by atoms with van der Waals surface area (Å²) in [6.07, 6.45) is 36.7. The highest BCUT2D eigenvalue weighted by molar-refractivity contribution is 5.70. The largest absolute Gasteiger partial charge is 0.466 e. The van der Waals surface area contributed by atoms with Gasteiger partial charge < -0.3 is 24.8 Å². The predicted molar refractivity (Wildman–Crippen MR) is 245 cm³/mol. The lowest BCUT2D eigenvalue weighted by atomic mass is 9.92. The Bertz CT molecular complexity index is 825. The maximum Gasteiger partial charge on any atom is 0.306 e. The Morgan fingerprint density at radius 1 is 0.397 bits per heavy atom. The van der Waals surface area contributed by atoms with Crippen LogP contribution in [0.25, 0.3) is 0 Å². The fourth-order valence-electron chi connectivity index (χ4n) is 7.97. The molecule has 0 bridgehead atoms. The van der Waals surface area contributed by atoms with Gasteiger partial charge in [-0.05, 0) is 83.2 Å². The molecule has 0 saturated heterocycles. The van der Waals surface area contributed by atoms with Crippen molar-refractivity contribution in [2.45, 2.75) is 252 Å². The van der Waals surface area contributed by atoms with E-state index in [1.165, 1.54) is 103 Å². The van der Waals surface area contributed by atoms with Crippen LogP contribution in [0.1, 0.15) is 246 Å². The molecule has 0 rings (SSSR count). The third-order valence-electron chi connectivity index (χ3n) is 11.8. The molecular formula is C50H98N2O6. The minimum Gasteiger partial charge on any atom is -0.466 e. The number of ether oxygens (including phenoxy) is 3. The average Bonchev–Trinajstić information content (AvgIpc) is 3.21. The number of likely N-dealkylation sites (N-methyl/N-ethyl adjacent to an activating group) is 1. The molecule has 344 valence electrons. The number of carbonyl (C=O) groups is 3. The number of carbonyl (C=O) groups excluding carboxylic acids is 3. The van der Waals surface area contributed by atoms with Crippen molar-refractivity contribution in [1.82, 2.24) is 10.6 Å². The zero-order valence-corrected chi connectivity index (χ0v) is 39.3. The molecule has 0 spiro atoms. The molecule has 0 aliphatic rings. The number of esters is 3. The van der Waals surface area contributed by atoms with E-state index in [1.54, 1.807) is 0 Å². The lowest BCUT2D eigenvalue weighted by molar-refractivity contribution is -0.150. The van der Waals surface area contributed by atoms with E-state index in [0.717, 1.165) is 116 Å². The minimum atomic E-state index is -0.0843. The van der Waals surface area contributed by atoms with Crippen molar-refractivity contribution in [2.75, 3.05) is 39.9 Å². The van der Waals surface area contributed by atoms with Gasteiger partial charge in [-0.2, -0.15) is 0 Å². The predicted octanol–water partition coefficient (Wildman–Crippen LogP) is 13.4. The van der Waals surface area contributed by atoms with Gasteiger partial charge in [0.1, 0.15) is 6.10 Å². The van der Waals surface area contributed by atoms with Crippen LogP contribution in [0.4, 0.5) is 0 Å². The second kappa shape index (κ2) is 44.9. The van der Waals surface area contributed by atoms with Crippen molar-refractivity contribution >= 4 is 17.9 Å². The van der Waals surface area contributed by atoms with Crippen molar-refractivity contribution in [3.05, 3.63) is 0 Å². The van der Waals surface area contributed by atoms with E-state index in [1.807, 2.05) is 7.05 Å². The van der Waals surface area contributed by atoms with E-state index in [2.05, 4.69) is 38.3 Å². The van der Waals surface area contributed by atoms with Gasteiger partial charge in [0.25, 0.3) is 0 Å². The summed E-state index contributed by atoms with van der Waals surface area (Å²) < 4.78 is 17.3. The molecule has 0 amide bonds. The summed E-state index contributed by atoms with van der Waals surface area (Å²) in [6.45, 7) is 12.8. The smallest absolute Gasteiger partial charge is 0.306 e. The summed E-state index contributed by atoms with van der Waals surface area (Å²) in [5.41, 5.74) is 0. The first-order valence-electron chi connectivity index (χ1n) is 25.3. The minimum absolute atomic E-state index is 0.0322. The fourth-order valence-corrected chi connectivity index (χ4v) is 7.97. The van der Waals surface area contributed by atoms with Gasteiger partial charge in [-0.25, -0.2) is 0 Å². The molecule has 0 atom stereocenters. The topological polar surface area (TPSA) is 103 Å². The molecule has 8 nitrogen and oxygen atoms in total. The molecule has 0 radical (unpaired) electrons. The maximum absolute atomic E-state index is 12.7. The van der Waals surface area contributed by atoms with Crippen molar-refractivity contribution in [1.29, 1.82) is 0 Å². The van der Waals surface area contributed by atoms with E-state index >= 15 is 0 Å². The van der Waals surface area contributed by atoms with Gasteiger partial charge >= 0.3 is 17.9 Å². The van der Waals surface area contributed by atoms with Crippen LogP contribution in [0.15, 0.2) is 0 Å². The van der Waals surface area contributed by atoms with Crippen LogP contribution in [-0.2, 0) is 28.6 Å². The first-order valence-corrected chi connectivity index (χ1v) is 25.3. The van der Waals surface area contributed by atoms with Crippen LogP contribution in [0.2, 0.25) is 0 Å². The summed E-state index contributed by atoms with van der Waals surface area (Å²) in [7, 11) is 1.94. The normalized spacial score (nSPS) is 11.6. The van der Waals surface area contributed by atoms with E-state index in [4.69, 9.17) is 14.2 Å². The lowest BCUT2D eigenvalue weighted by Gasteiger charge is -2.18. The molecule has 0 aliphatic heterocycles. The molecule has 0 aromatic rings. The van der Waals surface area contributed by atoms with Gasteiger partial charge in [0.15, 0.2) is 0 Å². The van der Waals surface area contributed by atoms with E-state index in [0.29, 0.717) is 44.3 Å². The van der Waals surface area contributed by atoms with Gasteiger partial charge in [-0.1, -0.05) is 169 Å². The zero-order chi connectivity index (χ0) is 42.6. The maximum atomic E-state index is 12.7. The first-order chi connectivity index (χ1) is 28.4. The Labute approximate surface area is 360 Å². The van der Waals surface area contributed by atoms with Crippen LogP contribution in [0.3, 0.4) is 0 Å². The Hall–Kier alpha value is -1.67.